The van der Waals surface area contributed by atoms with Gasteiger partial charge in [0.05, 0.1) is 16.8 Å². The molecule has 0 unspecified atom stereocenters. The highest BCUT2D eigenvalue weighted by Crippen LogP contribution is 2.47. The molecule has 6 heteroatoms. The van der Waals surface area contributed by atoms with Gasteiger partial charge < -0.3 is 10.1 Å². The second kappa shape index (κ2) is 6.42. The van der Waals surface area contributed by atoms with Gasteiger partial charge in [-0.3, -0.25) is 4.79 Å². The van der Waals surface area contributed by atoms with E-state index in [1.54, 1.807) is 7.11 Å². The Morgan fingerprint density at radius 1 is 1.23 bits per heavy atom. The Bertz CT molecular complexity index is 723. The van der Waals surface area contributed by atoms with E-state index in [2.05, 4.69) is 38.0 Å². The molecule has 0 aliphatic carbocycles. The summed E-state index contributed by atoms with van der Waals surface area (Å²) in [5.74, 6) is 1.17. The summed E-state index contributed by atoms with van der Waals surface area (Å²) in [7, 11) is 1.67. The van der Waals surface area contributed by atoms with Gasteiger partial charge in [-0.15, -0.1) is 0 Å². The molecule has 4 nitrogen and oxygen atoms in total. The lowest BCUT2D eigenvalue weighted by atomic mass is 9.93. The van der Waals surface area contributed by atoms with E-state index in [1.807, 2.05) is 0 Å². The third kappa shape index (κ3) is 2.92. The van der Waals surface area contributed by atoms with E-state index in [9.17, 15) is 4.79 Å². The zero-order chi connectivity index (χ0) is 16.6. The molecule has 1 N–H and O–H groups in total. The van der Waals surface area contributed by atoms with Crippen molar-refractivity contribution in [3.63, 3.8) is 0 Å². The van der Waals surface area contributed by atoms with Gasteiger partial charge in [-0.1, -0.05) is 50.6 Å². The number of ether oxygens (including phenoxy) is 1. The summed E-state index contributed by atoms with van der Waals surface area (Å²) in [5, 5.41) is 3.92. The third-order valence-corrected chi connectivity index (χ3v) is 4.83. The molecular formula is C16H21ClN2O2S. The Kier molecular flexibility index (Phi) is 4.97. The quantitative estimate of drug-likeness (QED) is 0.835. The fourth-order valence-corrected chi connectivity index (χ4v) is 4.30. The van der Waals surface area contributed by atoms with E-state index in [0.717, 1.165) is 27.1 Å². The highest BCUT2D eigenvalue weighted by molar-refractivity contribution is 7.22. The van der Waals surface area contributed by atoms with Crippen molar-refractivity contribution in [3.05, 3.63) is 16.1 Å². The third-order valence-electron chi connectivity index (χ3n) is 3.45. The fourth-order valence-electron chi connectivity index (χ4n) is 2.59. The molecule has 0 aliphatic heterocycles. The number of halogens is 1. The van der Waals surface area contributed by atoms with Crippen molar-refractivity contribution in [1.82, 2.24) is 4.98 Å². The normalized spacial score (nSPS) is 11.5. The van der Waals surface area contributed by atoms with Gasteiger partial charge in [0.1, 0.15) is 11.3 Å². The lowest BCUT2D eigenvalue weighted by Crippen LogP contribution is -2.04. The van der Waals surface area contributed by atoms with Gasteiger partial charge in [0.15, 0.2) is 5.13 Å². The molecule has 120 valence electrons. The number of benzene rings is 1. The minimum atomic E-state index is -0.141. The molecule has 0 saturated carbocycles. The Morgan fingerprint density at radius 3 is 2.27 bits per heavy atom. The maximum atomic E-state index is 11.3. The molecule has 0 bridgehead atoms. The number of carbonyl (C=O) groups is 1. The van der Waals surface area contributed by atoms with Crippen molar-refractivity contribution in [1.29, 1.82) is 0 Å². The van der Waals surface area contributed by atoms with Gasteiger partial charge in [-0.05, 0) is 11.8 Å². The molecule has 0 fully saturated rings. The Morgan fingerprint density at radius 2 is 1.82 bits per heavy atom. The first-order valence-electron chi connectivity index (χ1n) is 7.25. The molecular weight excluding hydrogens is 320 g/mol. The lowest BCUT2D eigenvalue weighted by molar-refractivity contribution is -0.114. The minimum Gasteiger partial charge on any atom is -0.496 e. The smallest absolute Gasteiger partial charge is 0.223 e. The van der Waals surface area contributed by atoms with E-state index >= 15 is 0 Å². The van der Waals surface area contributed by atoms with Crippen LogP contribution in [0.4, 0.5) is 5.13 Å². The van der Waals surface area contributed by atoms with Crippen molar-refractivity contribution >= 4 is 44.2 Å². The maximum Gasteiger partial charge on any atom is 0.223 e. The van der Waals surface area contributed by atoms with Gasteiger partial charge >= 0.3 is 0 Å². The summed E-state index contributed by atoms with van der Waals surface area (Å²) >= 11 is 8.04. The van der Waals surface area contributed by atoms with Crippen molar-refractivity contribution in [2.24, 2.45) is 0 Å². The number of carbonyl (C=O) groups excluding carboxylic acids is 1. The van der Waals surface area contributed by atoms with Gasteiger partial charge in [0.2, 0.25) is 5.91 Å². The molecule has 0 radical (unpaired) electrons. The summed E-state index contributed by atoms with van der Waals surface area (Å²) in [6, 6.07) is 0. The van der Waals surface area contributed by atoms with Crippen LogP contribution in [0.25, 0.3) is 10.2 Å². The van der Waals surface area contributed by atoms with Crippen molar-refractivity contribution in [3.8, 4) is 5.75 Å². The summed E-state index contributed by atoms with van der Waals surface area (Å²) in [4.78, 5) is 15.8. The molecule has 0 spiro atoms. The number of nitrogens with one attached hydrogen (secondary N) is 1. The number of amides is 1. The number of methoxy groups -OCH3 is 1. The highest BCUT2D eigenvalue weighted by atomic mass is 35.5. The number of thiazole rings is 1. The van der Waals surface area contributed by atoms with Gasteiger partial charge in [-0.2, -0.15) is 0 Å². The first kappa shape index (κ1) is 17.0. The topological polar surface area (TPSA) is 51.2 Å². The Hall–Kier alpha value is -1.33. The molecule has 1 heterocycles. The molecule has 22 heavy (non-hydrogen) atoms. The van der Waals surface area contributed by atoms with Gasteiger partial charge in [0.25, 0.3) is 0 Å². The molecule has 0 saturated heterocycles. The number of nitrogens with zero attached hydrogens (tertiary/aromatic N) is 1. The van der Waals surface area contributed by atoms with Crippen LogP contribution in [0.3, 0.4) is 0 Å². The number of fused-ring (bicyclic) bond motifs is 1. The first-order chi connectivity index (χ1) is 10.3. The fraction of sp³-hybridized carbons (Fsp3) is 0.500. The van der Waals surface area contributed by atoms with E-state index in [4.69, 9.17) is 16.3 Å². The van der Waals surface area contributed by atoms with E-state index in [0.29, 0.717) is 10.2 Å². The number of rotatable bonds is 4. The van der Waals surface area contributed by atoms with E-state index < -0.39 is 0 Å². The van der Waals surface area contributed by atoms with Crippen LogP contribution in [0, 0.1) is 0 Å². The molecule has 1 aromatic carbocycles. The van der Waals surface area contributed by atoms with Crippen molar-refractivity contribution in [2.75, 3.05) is 12.4 Å². The van der Waals surface area contributed by atoms with Crippen LogP contribution in [0.2, 0.25) is 5.02 Å². The zero-order valence-electron chi connectivity index (χ0n) is 13.7. The molecule has 0 aliphatic rings. The number of aromatic nitrogens is 1. The Balaban J connectivity index is 2.87. The van der Waals surface area contributed by atoms with Gasteiger partial charge in [-0.25, -0.2) is 4.98 Å². The second-order valence-corrected chi connectivity index (χ2v) is 7.24. The highest BCUT2D eigenvalue weighted by Gasteiger charge is 2.25. The molecule has 2 aromatic rings. The average molecular weight is 341 g/mol. The van der Waals surface area contributed by atoms with Crippen LogP contribution in [0.1, 0.15) is 57.6 Å². The maximum absolute atomic E-state index is 11.3. The van der Waals surface area contributed by atoms with Gasteiger partial charge in [0, 0.05) is 18.1 Å². The standard InChI is InChI=1S/C16H21ClN2O2S/c1-7(2)10-12(17)13-15(11(8(3)4)14(10)21-6)22-16(19-13)18-9(5)20/h7-8H,1-6H3,(H,18,19,20). The minimum absolute atomic E-state index is 0.141. The van der Waals surface area contributed by atoms with Crippen LogP contribution in [0.5, 0.6) is 5.75 Å². The first-order valence-corrected chi connectivity index (χ1v) is 8.44. The average Bonchev–Trinajstić information content (AvgIpc) is 2.79. The van der Waals surface area contributed by atoms with Crippen molar-refractivity contribution in [2.45, 2.75) is 46.5 Å². The predicted molar refractivity (Wildman–Crippen MR) is 93.7 cm³/mol. The molecule has 2 rings (SSSR count). The Labute approximate surface area is 139 Å². The molecule has 1 aromatic heterocycles. The molecule has 1 amide bonds. The summed E-state index contributed by atoms with van der Waals surface area (Å²) in [5.41, 5.74) is 2.81. The summed E-state index contributed by atoms with van der Waals surface area (Å²) in [6.07, 6.45) is 0. The van der Waals surface area contributed by atoms with Crippen LogP contribution in [0.15, 0.2) is 0 Å². The summed E-state index contributed by atoms with van der Waals surface area (Å²) < 4.78 is 6.66. The number of hydrogen-bond donors (Lipinski definition) is 1. The van der Waals surface area contributed by atoms with E-state index in [1.165, 1.54) is 18.3 Å². The number of anilines is 1. The van der Waals surface area contributed by atoms with E-state index in [-0.39, 0.29) is 17.7 Å². The second-order valence-electron chi connectivity index (χ2n) is 5.86. The van der Waals surface area contributed by atoms with Crippen LogP contribution < -0.4 is 10.1 Å². The summed E-state index contributed by atoms with van der Waals surface area (Å²) in [6.45, 7) is 9.87. The number of hydrogen-bond acceptors (Lipinski definition) is 4. The van der Waals surface area contributed by atoms with Crippen molar-refractivity contribution < 1.29 is 9.53 Å². The predicted octanol–water partition coefficient (Wildman–Crippen LogP) is 5.16. The lowest BCUT2D eigenvalue weighted by Gasteiger charge is -2.20. The monoisotopic (exact) mass is 340 g/mol. The van der Waals surface area contributed by atoms with Crippen LogP contribution >= 0.6 is 22.9 Å². The SMILES string of the molecule is COc1c(C(C)C)c(Cl)c2nc(NC(C)=O)sc2c1C(C)C. The zero-order valence-corrected chi connectivity index (χ0v) is 15.3. The van der Waals surface area contributed by atoms with Crippen LogP contribution in [-0.4, -0.2) is 18.0 Å². The molecule has 0 atom stereocenters. The van der Waals surface area contributed by atoms with Crippen LogP contribution in [-0.2, 0) is 4.79 Å². The largest absolute Gasteiger partial charge is 0.496 e.